The van der Waals surface area contributed by atoms with Crippen molar-refractivity contribution in [3.63, 3.8) is 0 Å². The van der Waals surface area contributed by atoms with E-state index in [-0.39, 0.29) is 22.6 Å². The van der Waals surface area contributed by atoms with Gasteiger partial charge in [-0.15, -0.1) is 0 Å². The van der Waals surface area contributed by atoms with Gasteiger partial charge in [0.25, 0.3) is 0 Å². The van der Waals surface area contributed by atoms with E-state index >= 15 is 0 Å². The van der Waals surface area contributed by atoms with Gasteiger partial charge in [0.2, 0.25) is 5.41 Å². The maximum absolute atomic E-state index is 14.8. The van der Waals surface area contributed by atoms with Crippen molar-refractivity contribution < 1.29 is 73.9 Å². The average Bonchev–Trinajstić information content (AvgIpc) is 3.26. The largest absolute Gasteiger partial charge is 0.494 e. The highest BCUT2D eigenvalue weighted by Crippen LogP contribution is 2.56. The third-order valence-corrected chi connectivity index (χ3v) is 9.46. The summed E-state index contributed by atoms with van der Waals surface area (Å²) in [6.45, 7) is 8.01. The number of rotatable bonds is 24. The van der Waals surface area contributed by atoms with Gasteiger partial charge in [-0.05, 0) is 135 Å². The first-order chi connectivity index (χ1) is 30.1. The van der Waals surface area contributed by atoms with Gasteiger partial charge < -0.3 is 28.4 Å². The third kappa shape index (κ3) is 14.2. The van der Waals surface area contributed by atoms with Crippen molar-refractivity contribution in [2.75, 3.05) is 26.4 Å². The Morgan fingerprint density at radius 1 is 0.429 bits per heavy atom. The molecule has 0 saturated carbocycles. The lowest BCUT2D eigenvalue weighted by Gasteiger charge is -2.38. The van der Waals surface area contributed by atoms with Crippen molar-refractivity contribution in [3.05, 3.63) is 145 Å². The molecule has 4 aromatic rings. The van der Waals surface area contributed by atoms with E-state index in [4.69, 9.17) is 28.4 Å². The van der Waals surface area contributed by atoms with Gasteiger partial charge in [-0.25, -0.2) is 19.2 Å². The Hall–Kier alpha value is -6.58. The highest BCUT2D eigenvalue weighted by Gasteiger charge is 2.72. The van der Waals surface area contributed by atoms with Crippen LogP contribution in [0.1, 0.15) is 83.2 Å². The monoisotopic (exact) mass is 884 g/mol. The molecular formula is C47H46F6O10. The van der Waals surface area contributed by atoms with Gasteiger partial charge in [0.05, 0.1) is 37.6 Å². The number of carbonyl (C=O) groups excluding carboxylic acids is 4. The van der Waals surface area contributed by atoms with Crippen LogP contribution in [-0.4, -0.2) is 62.7 Å². The molecule has 0 aliphatic rings. The minimum Gasteiger partial charge on any atom is -0.494 e. The van der Waals surface area contributed by atoms with Crippen LogP contribution < -0.4 is 18.9 Å². The first-order valence-electron chi connectivity index (χ1n) is 19.9. The molecule has 0 amide bonds. The maximum atomic E-state index is 14.8. The number of hydrogen-bond donors (Lipinski definition) is 0. The number of halogens is 6. The Morgan fingerprint density at radius 3 is 1.03 bits per heavy atom. The van der Waals surface area contributed by atoms with Crippen LogP contribution in [0.15, 0.2) is 122 Å². The number of ether oxygens (including phenoxy) is 6. The third-order valence-electron chi connectivity index (χ3n) is 9.46. The summed E-state index contributed by atoms with van der Waals surface area (Å²) >= 11 is 0. The van der Waals surface area contributed by atoms with E-state index in [9.17, 15) is 45.5 Å². The van der Waals surface area contributed by atoms with Crippen molar-refractivity contribution in [1.29, 1.82) is 0 Å². The minimum absolute atomic E-state index is 0.0498. The molecule has 0 spiro atoms. The quantitative estimate of drug-likeness (QED) is 0.0221. The summed E-state index contributed by atoms with van der Waals surface area (Å²) < 4.78 is 121. The Labute approximate surface area is 360 Å². The zero-order valence-corrected chi connectivity index (χ0v) is 34.1. The van der Waals surface area contributed by atoms with Gasteiger partial charge in [-0.1, -0.05) is 37.4 Å². The second-order valence-corrected chi connectivity index (χ2v) is 13.9. The smallest absolute Gasteiger partial charge is 0.411 e. The summed E-state index contributed by atoms with van der Waals surface area (Å²) in [6, 6.07) is 17.3. The van der Waals surface area contributed by atoms with Crippen LogP contribution in [0, 0.1) is 0 Å². The molecule has 0 aliphatic heterocycles. The number of unbranched alkanes of at least 4 members (excludes halogenated alkanes) is 6. The van der Waals surface area contributed by atoms with Crippen LogP contribution in [0.25, 0.3) is 0 Å². The molecular weight excluding hydrogens is 838 g/mol. The molecule has 0 N–H and O–H groups in total. The van der Waals surface area contributed by atoms with E-state index in [2.05, 4.69) is 13.2 Å². The van der Waals surface area contributed by atoms with Crippen LogP contribution in [0.5, 0.6) is 23.0 Å². The number of alkyl halides is 6. The van der Waals surface area contributed by atoms with Crippen molar-refractivity contribution in [2.45, 2.75) is 69.1 Å². The van der Waals surface area contributed by atoms with Gasteiger partial charge in [-0.3, -0.25) is 0 Å². The normalized spacial score (nSPS) is 11.5. The fourth-order valence-electron chi connectivity index (χ4n) is 6.19. The van der Waals surface area contributed by atoms with E-state index in [0.29, 0.717) is 75.0 Å². The summed E-state index contributed by atoms with van der Waals surface area (Å²) in [4.78, 5) is 47.7. The van der Waals surface area contributed by atoms with Crippen molar-refractivity contribution in [2.24, 2.45) is 0 Å². The molecule has 0 aliphatic carbocycles. The molecule has 4 rings (SSSR count). The Balaban J connectivity index is 1.33. The van der Waals surface area contributed by atoms with E-state index in [0.717, 1.165) is 74.9 Å². The van der Waals surface area contributed by atoms with Crippen LogP contribution in [-0.2, 0) is 24.5 Å². The second-order valence-electron chi connectivity index (χ2n) is 13.9. The molecule has 336 valence electrons. The molecule has 0 atom stereocenters. The van der Waals surface area contributed by atoms with Crippen LogP contribution in [0.4, 0.5) is 26.3 Å². The van der Waals surface area contributed by atoms with E-state index in [1.807, 2.05) is 0 Å². The molecule has 0 bridgehead atoms. The zero-order chi connectivity index (χ0) is 45.9. The average molecular weight is 885 g/mol. The highest BCUT2D eigenvalue weighted by molar-refractivity contribution is 5.91. The van der Waals surface area contributed by atoms with Crippen molar-refractivity contribution in [3.8, 4) is 23.0 Å². The fraction of sp³-hybridized carbons (Fsp3) is 0.319. The van der Waals surface area contributed by atoms with Crippen molar-refractivity contribution in [1.82, 2.24) is 0 Å². The molecule has 0 radical (unpaired) electrons. The molecule has 4 aromatic carbocycles. The number of carbonyl (C=O) groups is 4. The first-order valence-corrected chi connectivity index (χ1v) is 19.9. The predicted molar refractivity (Wildman–Crippen MR) is 219 cm³/mol. The minimum atomic E-state index is -5.90. The standard InChI is InChI=1S/C47H46F6O10/c1-3-41(54)60-31-11-7-5-9-29-58-37-21-13-33(14-22-37)43(56)62-39-25-17-35(18-26-39)45(46(48,49)50,47(51,52)53)36-19-27-40(28-20-36)63-44(57)34-15-23-38(24-16-34)59-30-10-6-8-12-32-61-42(55)4-2/h3-4,13-28H,1-2,5-12,29-32H2. The Morgan fingerprint density at radius 2 is 0.730 bits per heavy atom. The second kappa shape index (κ2) is 23.6. The Kier molecular flexibility index (Phi) is 18.4. The van der Waals surface area contributed by atoms with Gasteiger partial charge in [0.1, 0.15) is 23.0 Å². The van der Waals surface area contributed by atoms with E-state index < -0.39 is 52.8 Å². The van der Waals surface area contributed by atoms with Gasteiger partial charge in [0.15, 0.2) is 0 Å². The molecule has 0 saturated heterocycles. The molecule has 10 nitrogen and oxygen atoms in total. The summed E-state index contributed by atoms with van der Waals surface area (Å²) in [5.74, 6) is -2.48. The van der Waals surface area contributed by atoms with E-state index in [1.54, 1.807) is 0 Å². The molecule has 0 fully saturated rings. The molecule has 63 heavy (non-hydrogen) atoms. The molecule has 16 heteroatoms. The highest BCUT2D eigenvalue weighted by atomic mass is 19.4. The lowest BCUT2D eigenvalue weighted by atomic mass is 9.73. The van der Waals surface area contributed by atoms with Crippen LogP contribution >= 0.6 is 0 Å². The molecule has 0 aromatic heterocycles. The predicted octanol–water partition coefficient (Wildman–Crippen LogP) is 10.9. The zero-order valence-electron chi connectivity index (χ0n) is 34.1. The summed E-state index contributed by atoms with van der Waals surface area (Å²) in [5, 5.41) is 0. The van der Waals surface area contributed by atoms with Gasteiger partial charge >= 0.3 is 36.2 Å². The van der Waals surface area contributed by atoms with Crippen LogP contribution in [0.2, 0.25) is 0 Å². The number of benzene rings is 4. The topological polar surface area (TPSA) is 124 Å². The maximum Gasteiger partial charge on any atom is 0.411 e. The number of hydrogen-bond acceptors (Lipinski definition) is 10. The van der Waals surface area contributed by atoms with E-state index in [1.165, 1.54) is 48.5 Å². The fourth-order valence-corrected chi connectivity index (χ4v) is 6.19. The van der Waals surface area contributed by atoms with Crippen molar-refractivity contribution >= 4 is 23.9 Å². The lowest BCUT2D eigenvalue weighted by Crippen LogP contribution is -2.54. The molecule has 0 heterocycles. The Bertz CT molecular complexity index is 1960. The summed E-state index contributed by atoms with van der Waals surface area (Å²) in [6.07, 6.45) is -3.51. The molecule has 0 unspecified atom stereocenters. The first kappa shape index (κ1) is 49.1. The lowest BCUT2D eigenvalue weighted by molar-refractivity contribution is -0.288. The summed E-state index contributed by atoms with van der Waals surface area (Å²) in [5.41, 5.74) is -6.81. The van der Waals surface area contributed by atoms with Gasteiger partial charge in [0, 0.05) is 12.2 Å². The van der Waals surface area contributed by atoms with Gasteiger partial charge in [-0.2, -0.15) is 26.3 Å². The number of esters is 4. The van der Waals surface area contributed by atoms with Crippen LogP contribution in [0.3, 0.4) is 0 Å². The SMILES string of the molecule is C=CC(=O)OCCCCCCOc1ccc(C(=O)Oc2ccc(C(c3ccc(OC(=O)c4ccc(OCCCCCCOC(=O)C=C)cc4)cc3)(C(F)(F)F)C(F)(F)F)cc2)cc1. The summed E-state index contributed by atoms with van der Waals surface area (Å²) in [7, 11) is 0.